The van der Waals surface area contributed by atoms with Crippen LogP contribution in [-0.4, -0.2) is 33.0 Å². The van der Waals surface area contributed by atoms with Crippen LogP contribution in [-0.2, 0) is 9.84 Å². The highest BCUT2D eigenvalue weighted by molar-refractivity contribution is 7.90. The Morgan fingerprint density at radius 3 is 2.43 bits per heavy atom. The SMILES string of the molecule is CS(=O)(=O)CCCNC1CCCCC1. The molecule has 0 aliphatic heterocycles. The normalized spacial score (nSPS) is 19.8. The molecule has 1 aliphatic carbocycles. The smallest absolute Gasteiger partial charge is 0.147 e. The van der Waals surface area contributed by atoms with Crippen LogP contribution >= 0.6 is 0 Å². The summed E-state index contributed by atoms with van der Waals surface area (Å²) in [7, 11) is -2.77. The highest BCUT2D eigenvalue weighted by atomic mass is 32.2. The number of nitrogens with one attached hydrogen (secondary N) is 1. The van der Waals surface area contributed by atoms with Gasteiger partial charge in [0, 0.05) is 12.3 Å². The van der Waals surface area contributed by atoms with Gasteiger partial charge in [-0.3, -0.25) is 0 Å². The number of hydrogen-bond donors (Lipinski definition) is 1. The lowest BCUT2D eigenvalue weighted by molar-refractivity contribution is 0.374. The van der Waals surface area contributed by atoms with Crippen LogP contribution in [0.15, 0.2) is 0 Å². The van der Waals surface area contributed by atoms with E-state index in [9.17, 15) is 8.42 Å². The predicted molar refractivity (Wildman–Crippen MR) is 59.2 cm³/mol. The Morgan fingerprint density at radius 2 is 1.86 bits per heavy atom. The van der Waals surface area contributed by atoms with Crippen molar-refractivity contribution in [3.63, 3.8) is 0 Å². The zero-order valence-corrected chi connectivity index (χ0v) is 9.78. The summed E-state index contributed by atoms with van der Waals surface area (Å²) in [6.45, 7) is 0.845. The van der Waals surface area contributed by atoms with Gasteiger partial charge in [-0.25, -0.2) is 8.42 Å². The van der Waals surface area contributed by atoms with Gasteiger partial charge in [-0.05, 0) is 25.8 Å². The van der Waals surface area contributed by atoms with Crippen LogP contribution in [0.5, 0.6) is 0 Å². The molecule has 0 atom stereocenters. The first-order chi connectivity index (χ1) is 6.58. The van der Waals surface area contributed by atoms with Gasteiger partial charge in [0.15, 0.2) is 0 Å². The third-order valence-corrected chi connectivity index (χ3v) is 3.76. The Morgan fingerprint density at radius 1 is 1.21 bits per heavy atom. The minimum Gasteiger partial charge on any atom is -0.314 e. The van der Waals surface area contributed by atoms with Crippen LogP contribution in [0.2, 0.25) is 0 Å². The Bertz CT molecular complexity index is 243. The molecule has 0 amide bonds. The minimum absolute atomic E-state index is 0.312. The summed E-state index contributed by atoms with van der Waals surface area (Å²) in [6.07, 6.45) is 8.58. The molecule has 3 nitrogen and oxygen atoms in total. The topological polar surface area (TPSA) is 46.2 Å². The van der Waals surface area contributed by atoms with E-state index in [1.54, 1.807) is 0 Å². The molecule has 1 saturated carbocycles. The first kappa shape index (κ1) is 12.0. The van der Waals surface area contributed by atoms with Crippen LogP contribution in [0.3, 0.4) is 0 Å². The monoisotopic (exact) mass is 219 g/mol. The molecule has 0 spiro atoms. The molecule has 1 rings (SSSR count). The molecule has 1 aliphatic rings. The van der Waals surface area contributed by atoms with Crippen molar-refractivity contribution in [2.45, 2.75) is 44.6 Å². The Hall–Kier alpha value is -0.0900. The van der Waals surface area contributed by atoms with Crippen molar-refractivity contribution in [3.8, 4) is 0 Å². The fraction of sp³-hybridized carbons (Fsp3) is 1.00. The van der Waals surface area contributed by atoms with Crippen molar-refractivity contribution in [2.75, 3.05) is 18.6 Å². The van der Waals surface area contributed by atoms with Gasteiger partial charge in [-0.2, -0.15) is 0 Å². The molecule has 0 aromatic rings. The average molecular weight is 219 g/mol. The highest BCUT2D eigenvalue weighted by Gasteiger charge is 2.12. The summed E-state index contributed by atoms with van der Waals surface area (Å²) in [5, 5.41) is 3.43. The second-order valence-electron chi connectivity index (χ2n) is 4.27. The van der Waals surface area contributed by atoms with Crippen LogP contribution in [0, 0.1) is 0 Å². The van der Waals surface area contributed by atoms with E-state index in [2.05, 4.69) is 5.32 Å². The van der Waals surface area contributed by atoms with Crippen LogP contribution in [0.25, 0.3) is 0 Å². The summed E-state index contributed by atoms with van der Waals surface area (Å²) in [6, 6.07) is 0.642. The number of hydrogen-bond acceptors (Lipinski definition) is 3. The van der Waals surface area contributed by atoms with E-state index in [0.717, 1.165) is 13.0 Å². The lowest BCUT2D eigenvalue weighted by Crippen LogP contribution is -2.32. The maximum absolute atomic E-state index is 10.9. The third-order valence-electron chi connectivity index (χ3n) is 2.73. The Kier molecular flexibility index (Phi) is 4.89. The van der Waals surface area contributed by atoms with Gasteiger partial charge in [0.1, 0.15) is 9.84 Å². The van der Waals surface area contributed by atoms with Crippen molar-refractivity contribution in [2.24, 2.45) is 0 Å². The fourth-order valence-electron chi connectivity index (χ4n) is 1.95. The maximum atomic E-state index is 10.9. The maximum Gasteiger partial charge on any atom is 0.147 e. The van der Waals surface area contributed by atoms with Crippen molar-refractivity contribution in [1.29, 1.82) is 0 Å². The highest BCUT2D eigenvalue weighted by Crippen LogP contribution is 2.17. The third kappa shape index (κ3) is 5.60. The van der Waals surface area contributed by atoms with Crippen LogP contribution in [0.1, 0.15) is 38.5 Å². The van der Waals surface area contributed by atoms with E-state index in [0.29, 0.717) is 11.8 Å². The first-order valence-corrected chi connectivity index (χ1v) is 7.55. The van der Waals surface area contributed by atoms with E-state index in [-0.39, 0.29) is 0 Å². The lowest BCUT2D eigenvalue weighted by atomic mass is 9.95. The van der Waals surface area contributed by atoms with E-state index >= 15 is 0 Å². The largest absolute Gasteiger partial charge is 0.314 e. The van der Waals surface area contributed by atoms with E-state index < -0.39 is 9.84 Å². The van der Waals surface area contributed by atoms with Gasteiger partial charge in [0.2, 0.25) is 0 Å². The van der Waals surface area contributed by atoms with Gasteiger partial charge in [0.05, 0.1) is 5.75 Å². The predicted octanol–water partition coefficient (Wildman–Crippen LogP) is 1.34. The molecule has 0 bridgehead atoms. The summed E-state index contributed by atoms with van der Waals surface area (Å²) < 4.78 is 21.7. The second-order valence-corrected chi connectivity index (χ2v) is 6.53. The van der Waals surface area contributed by atoms with Gasteiger partial charge in [-0.1, -0.05) is 19.3 Å². The quantitative estimate of drug-likeness (QED) is 0.710. The van der Waals surface area contributed by atoms with Gasteiger partial charge in [0.25, 0.3) is 0 Å². The zero-order chi connectivity index (χ0) is 10.4. The molecule has 1 fully saturated rings. The number of sulfone groups is 1. The molecule has 1 N–H and O–H groups in total. The standard InChI is InChI=1S/C10H21NO2S/c1-14(12,13)9-5-8-11-10-6-3-2-4-7-10/h10-11H,2-9H2,1H3. The summed E-state index contributed by atoms with van der Waals surface area (Å²) in [5.41, 5.74) is 0. The van der Waals surface area contributed by atoms with Crippen molar-refractivity contribution in [3.05, 3.63) is 0 Å². The molecule has 0 saturated heterocycles. The van der Waals surface area contributed by atoms with Crippen LogP contribution in [0.4, 0.5) is 0 Å². The molecule has 0 aromatic carbocycles. The van der Waals surface area contributed by atoms with Crippen LogP contribution < -0.4 is 5.32 Å². The fourth-order valence-corrected chi connectivity index (χ4v) is 2.62. The first-order valence-electron chi connectivity index (χ1n) is 5.49. The van der Waals surface area contributed by atoms with E-state index in [1.807, 2.05) is 0 Å². The summed E-state index contributed by atoms with van der Waals surface area (Å²) in [5.74, 6) is 0.312. The van der Waals surface area contributed by atoms with Crippen molar-refractivity contribution >= 4 is 9.84 Å². The molecule has 0 unspecified atom stereocenters. The zero-order valence-electron chi connectivity index (χ0n) is 8.96. The van der Waals surface area contributed by atoms with Crippen molar-refractivity contribution in [1.82, 2.24) is 5.32 Å². The van der Waals surface area contributed by atoms with Gasteiger partial charge < -0.3 is 5.32 Å². The van der Waals surface area contributed by atoms with Gasteiger partial charge in [-0.15, -0.1) is 0 Å². The van der Waals surface area contributed by atoms with Gasteiger partial charge >= 0.3 is 0 Å². The Labute approximate surface area is 87.2 Å². The molecule has 0 aromatic heterocycles. The molecular formula is C10H21NO2S. The Balaban J connectivity index is 2.03. The second kappa shape index (κ2) is 5.71. The molecule has 4 heteroatoms. The minimum atomic E-state index is -2.77. The average Bonchev–Trinajstić information content (AvgIpc) is 2.13. The van der Waals surface area contributed by atoms with E-state index in [1.165, 1.54) is 38.4 Å². The molecule has 0 heterocycles. The van der Waals surface area contributed by atoms with Crippen molar-refractivity contribution < 1.29 is 8.42 Å². The molecule has 0 radical (unpaired) electrons. The summed E-state index contributed by atoms with van der Waals surface area (Å²) in [4.78, 5) is 0. The number of rotatable bonds is 5. The molecule has 14 heavy (non-hydrogen) atoms. The lowest BCUT2D eigenvalue weighted by Gasteiger charge is -2.22. The molecule has 84 valence electrons. The van der Waals surface area contributed by atoms with E-state index in [4.69, 9.17) is 0 Å². The summed E-state index contributed by atoms with van der Waals surface area (Å²) >= 11 is 0. The molecular weight excluding hydrogens is 198 g/mol.